The number of nitro groups is 1. The van der Waals surface area contributed by atoms with Crippen LogP contribution in [0.4, 0.5) is 11.4 Å². The summed E-state index contributed by atoms with van der Waals surface area (Å²) in [6.07, 6.45) is 5.63. The van der Waals surface area contributed by atoms with Gasteiger partial charge in [0.2, 0.25) is 11.8 Å². The second-order valence-electron chi connectivity index (χ2n) is 10.9. The number of hydrogen-bond acceptors (Lipinski definition) is 7. The Bertz CT molecular complexity index is 1680. The Labute approximate surface area is 235 Å². The van der Waals surface area contributed by atoms with Gasteiger partial charge in [-0.25, -0.2) is 0 Å². The minimum absolute atomic E-state index is 0.000721. The van der Waals surface area contributed by atoms with E-state index in [0.717, 1.165) is 10.5 Å². The summed E-state index contributed by atoms with van der Waals surface area (Å²) in [6.45, 7) is 5.33. The second kappa shape index (κ2) is 9.62. The molecular formula is C32H26N2O7. The molecule has 41 heavy (non-hydrogen) atoms. The number of fused-ring (bicyclic) bond motifs is 3. The molecule has 0 radical (unpaired) electrons. The second-order valence-corrected chi connectivity index (χ2v) is 10.9. The molecule has 0 bridgehead atoms. The van der Waals surface area contributed by atoms with Crippen LogP contribution in [0.1, 0.15) is 36.8 Å². The molecule has 9 heteroatoms. The predicted octanol–water partition coefficient (Wildman–Crippen LogP) is 4.66. The summed E-state index contributed by atoms with van der Waals surface area (Å²) in [7, 11) is 0. The SMILES string of the molecule is C=CCc1cccc(C2C3=CCC4C(=O)N(c5ccc([N+](=O)[O-])cc5)C(=O)C4C3CC3=C2C(=O)C=C(C)C3=O)c1O. The molecule has 0 saturated carbocycles. The van der Waals surface area contributed by atoms with E-state index in [1.54, 1.807) is 31.2 Å². The van der Waals surface area contributed by atoms with Gasteiger partial charge in [0, 0.05) is 40.3 Å². The van der Waals surface area contributed by atoms with Crippen molar-refractivity contribution in [2.75, 3.05) is 4.90 Å². The van der Waals surface area contributed by atoms with Crippen LogP contribution in [0.5, 0.6) is 5.75 Å². The number of carbonyl (C=O) groups is 4. The van der Waals surface area contributed by atoms with Gasteiger partial charge >= 0.3 is 0 Å². The lowest BCUT2D eigenvalue weighted by Gasteiger charge is -2.42. The number of nitrogens with zero attached hydrogens (tertiary/aromatic N) is 2. The number of ketones is 2. The fraction of sp³-hybridized carbons (Fsp3) is 0.250. The van der Waals surface area contributed by atoms with Crippen LogP contribution in [0, 0.1) is 27.9 Å². The average molecular weight is 551 g/mol. The van der Waals surface area contributed by atoms with E-state index in [4.69, 9.17) is 0 Å². The first-order valence-corrected chi connectivity index (χ1v) is 13.4. The number of carbonyl (C=O) groups excluding carboxylic acids is 4. The van der Waals surface area contributed by atoms with Crippen LogP contribution in [-0.2, 0) is 25.6 Å². The first kappa shape index (κ1) is 26.3. The quantitative estimate of drug-likeness (QED) is 0.188. The lowest BCUT2D eigenvalue weighted by molar-refractivity contribution is -0.384. The van der Waals surface area contributed by atoms with Crippen molar-refractivity contribution >= 4 is 34.8 Å². The molecule has 1 aliphatic heterocycles. The maximum Gasteiger partial charge on any atom is 0.269 e. The molecule has 4 atom stereocenters. The lowest BCUT2D eigenvalue weighted by atomic mass is 9.59. The van der Waals surface area contributed by atoms with Gasteiger partial charge in [-0.15, -0.1) is 6.58 Å². The molecule has 6 rings (SSSR count). The van der Waals surface area contributed by atoms with Crippen LogP contribution in [-0.4, -0.2) is 33.4 Å². The number of para-hydroxylation sites is 1. The molecule has 1 heterocycles. The van der Waals surface area contributed by atoms with E-state index in [1.807, 2.05) is 6.08 Å². The standard InChI is InChI=1S/C32H26N2O7/c1-3-5-17-6-4-7-21(30(17)37)26-20-12-13-22-27(23(20)15-24-28(26)25(35)14-16(2)29(24)36)32(39)33(31(22)38)18-8-10-19(11-9-18)34(40)41/h3-4,6-12,14,22-23,26-27,37H,1,5,13,15H2,2H3. The van der Waals surface area contributed by atoms with E-state index in [0.29, 0.717) is 34.3 Å². The highest BCUT2D eigenvalue weighted by molar-refractivity contribution is 6.25. The third kappa shape index (κ3) is 3.91. The van der Waals surface area contributed by atoms with Crippen molar-refractivity contribution < 1.29 is 29.2 Å². The minimum Gasteiger partial charge on any atom is -0.507 e. The third-order valence-electron chi connectivity index (χ3n) is 8.71. The van der Waals surface area contributed by atoms with Crippen molar-refractivity contribution in [3.63, 3.8) is 0 Å². The fourth-order valence-corrected chi connectivity index (χ4v) is 6.88. The number of imide groups is 1. The van der Waals surface area contributed by atoms with Gasteiger partial charge in [-0.1, -0.05) is 35.9 Å². The zero-order valence-corrected chi connectivity index (χ0v) is 22.2. The number of benzene rings is 2. The van der Waals surface area contributed by atoms with Crippen LogP contribution in [0.2, 0.25) is 0 Å². The summed E-state index contributed by atoms with van der Waals surface area (Å²) >= 11 is 0. The number of aromatic hydroxyl groups is 1. The molecule has 0 spiro atoms. The Hall–Kier alpha value is -4.92. The smallest absolute Gasteiger partial charge is 0.269 e. The largest absolute Gasteiger partial charge is 0.507 e. The van der Waals surface area contributed by atoms with Crippen LogP contribution < -0.4 is 4.90 Å². The number of phenols is 1. The molecule has 4 aliphatic rings. The van der Waals surface area contributed by atoms with Crippen LogP contribution in [0.25, 0.3) is 0 Å². The van der Waals surface area contributed by atoms with Gasteiger partial charge in [0.25, 0.3) is 5.69 Å². The molecule has 4 unspecified atom stereocenters. The molecule has 0 aromatic heterocycles. The summed E-state index contributed by atoms with van der Waals surface area (Å²) < 4.78 is 0. The molecule has 2 aromatic carbocycles. The van der Waals surface area contributed by atoms with E-state index in [1.165, 1.54) is 30.3 Å². The van der Waals surface area contributed by atoms with Crippen molar-refractivity contribution in [2.24, 2.45) is 17.8 Å². The number of phenolic OH excluding ortho intramolecular Hbond substituents is 1. The molecule has 9 nitrogen and oxygen atoms in total. The molecule has 206 valence electrons. The normalized spacial score (nSPS) is 25.3. The van der Waals surface area contributed by atoms with Crippen molar-refractivity contribution in [1.82, 2.24) is 0 Å². The van der Waals surface area contributed by atoms with E-state index in [-0.39, 0.29) is 41.5 Å². The molecule has 2 amide bonds. The maximum absolute atomic E-state index is 13.9. The molecular weight excluding hydrogens is 524 g/mol. The third-order valence-corrected chi connectivity index (χ3v) is 8.71. The van der Waals surface area contributed by atoms with Crippen molar-refractivity contribution in [3.8, 4) is 5.75 Å². The van der Waals surface area contributed by atoms with Crippen molar-refractivity contribution in [2.45, 2.75) is 32.1 Å². The van der Waals surface area contributed by atoms with Gasteiger partial charge < -0.3 is 5.11 Å². The Morgan fingerprint density at radius 1 is 1.07 bits per heavy atom. The number of non-ortho nitro benzene ring substituents is 1. The van der Waals surface area contributed by atoms with Crippen LogP contribution in [0.3, 0.4) is 0 Å². The number of Topliss-reactive ketones (excluding diaryl/α,β-unsaturated/α-hetero) is 1. The lowest BCUT2D eigenvalue weighted by Crippen LogP contribution is -2.39. The Kier molecular flexibility index (Phi) is 6.17. The highest BCUT2D eigenvalue weighted by Crippen LogP contribution is 2.56. The molecule has 2 aromatic rings. The van der Waals surface area contributed by atoms with Gasteiger partial charge in [-0.3, -0.25) is 34.2 Å². The van der Waals surface area contributed by atoms with Crippen molar-refractivity contribution in [1.29, 1.82) is 0 Å². The summed E-state index contributed by atoms with van der Waals surface area (Å²) in [6, 6.07) is 10.5. The van der Waals surface area contributed by atoms with E-state index in [9.17, 15) is 34.4 Å². The maximum atomic E-state index is 13.9. The van der Waals surface area contributed by atoms with Gasteiger partial charge in [-0.05, 0) is 55.9 Å². The summed E-state index contributed by atoms with van der Waals surface area (Å²) in [4.78, 5) is 66.0. The summed E-state index contributed by atoms with van der Waals surface area (Å²) in [5.41, 5.74) is 2.81. The first-order chi connectivity index (χ1) is 19.6. The molecule has 1 N–H and O–H groups in total. The number of nitro benzene ring substituents is 1. The van der Waals surface area contributed by atoms with Crippen molar-refractivity contribution in [3.05, 3.63) is 111 Å². The monoisotopic (exact) mass is 550 g/mol. The summed E-state index contributed by atoms with van der Waals surface area (Å²) in [5, 5.41) is 22.4. The zero-order chi connectivity index (χ0) is 29.2. The number of amides is 2. The number of anilines is 1. The van der Waals surface area contributed by atoms with Crippen LogP contribution >= 0.6 is 0 Å². The molecule has 3 aliphatic carbocycles. The van der Waals surface area contributed by atoms with Gasteiger partial charge in [0.05, 0.1) is 22.4 Å². The Morgan fingerprint density at radius 2 is 1.80 bits per heavy atom. The Morgan fingerprint density at radius 3 is 2.49 bits per heavy atom. The van der Waals surface area contributed by atoms with Gasteiger partial charge in [0.1, 0.15) is 5.75 Å². The average Bonchev–Trinajstić information content (AvgIpc) is 3.21. The predicted molar refractivity (Wildman–Crippen MR) is 149 cm³/mol. The van der Waals surface area contributed by atoms with Gasteiger partial charge in [0.15, 0.2) is 11.6 Å². The Balaban J connectivity index is 1.47. The molecule has 1 fully saturated rings. The highest BCUT2D eigenvalue weighted by atomic mass is 16.6. The number of hydrogen-bond donors (Lipinski definition) is 1. The topological polar surface area (TPSA) is 135 Å². The van der Waals surface area contributed by atoms with Crippen LogP contribution in [0.15, 0.2) is 89.6 Å². The van der Waals surface area contributed by atoms with Gasteiger partial charge in [-0.2, -0.15) is 0 Å². The zero-order valence-electron chi connectivity index (χ0n) is 22.2. The van der Waals surface area contributed by atoms with E-state index < -0.39 is 40.4 Å². The summed E-state index contributed by atoms with van der Waals surface area (Å²) in [5.74, 6) is -4.22. The number of allylic oxidation sites excluding steroid dienone is 7. The van der Waals surface area contributed by atoms with E-state index in [2.05, 4.69) is 6.58 Å². The molecule has 1 saturated heterocycles. The first-order valence-electron chi connectivity index (χ1n) is 13.4. The minimum atomic E-state index is -0.790. The fourth-order valence-electron chi connectivity index (χ4n) is 6.88. The highest BCUT2D eigenvalue weighted by Gasteiger charge is 2.56. The number of rotatable bonds is 5. The van der Waals surface area contributed by atoms with E-state index >= 15 is 0 Å².